The molecule has 0 amide bonds. The molecule has 0 radical (unpaired) electrons. The van der Waals surface area contributed by atoms with Crippen molar-refractivity contribution in [1.29, 1.82) is 0 Å². The minimum absolute atomic E-state index is 0.587. The van der Waals surface area contributed by atoms with Gasteiger partial charge in [-0.3, -0.25) is 4.90 Å². The Balaban J connectivity index is 1.89. The molecule has 1 aromatic rings. The van der Waals surface area contributed by atoms with Gasteiger partial charge in [-0.2, -0.15) is 0 Å². The zero-order valence-electron chi connectivity index (χ0n) is 11.2. The topological polar surface area (TPSA) is 15.3 Å². The summed E-state index contributed by atoms with van der Waals surface area (Å²) >= 11 is 7.21. The van der Waals surface area contributed by atoms with Gasteiger partial charge in [0.05, 0.1) is 0 Å². The van der Waals surface area contributed by atoms with Crippen LogP contribution in [0, 0.1) is 5.92 Å². The van der Waals surface area contributed by atoms with Crippen molar-refractivity contribution >= 4 is 31.9 Å². The number of nitrogens with one attached hydrogen (secondary N) is 1. The molecule has 1 saturated carbocycles. The molecule has 1 aliphatic heterocycles. The second kappa shape index (κ2) is 5.84. The van der Waals surface area contributed by atoms with Crippen molar-refractivity contribution in [3.05, 3.63) is 32.7 Å². The summed E-state index contributed by atoms with van der Waals surface area (Å²) < 4.78 is 2.30. The molecule has 2 atom stereocenters. The molecule has 2 aliphatic rings. The Hall–Kier alpha value is 0.1000. The predicted octanol–water partition coefficient (Wildman–Crippen LogP) is 3.96. The van der Waals surface area contributed by atoms with E-state index in [1.165, 1.54) is 31.4 Å². The fraction of sp³-hybridized carbons (Fsp3) is 0.600. The van der Waals surface area contributed by atoms with Crippen LogP contribution in [0.3, 0.4) is 0 Å². The monoisotopic (exact) mass is 386 g/mol. The number of hydrogen-bond donors (Lipinski definition) is 1. The van der Waals surface area contributed by atoms with Gasteiger partial charge in [-0.05, 0) is 94.9 Å². The van der Waals surface area contributed by atoms with Crippen LogP contribution < -0.4 is 5.32 Å². The first-order valence-electron chi connectivity index (χ1n) is 7.06. The first-order valence-corrected chi connectivity index (χ1v) is 8.64. The fourth-order valence-corrected chi connectivity index (χ4v) is 3.98. The van der Waals surface area contributed by atoms with Crippen LogP contribution in [0.2, 0.25) is 0 Å². The van der Waals surface area contributed by atoms with E-state index >= 15 is 0 Å². The number of hydrogen-bond acceptors (Lipinski definition) is 2. The molecule has 1 aromatic carbocycles. The second-order valence-corrected chi connectivity index (χ2v) is 7.40. The minimum atomic E-state index is 0.587. The van der Waals surface area contributed by atoms with Crippen molar-refractivity contribution in [2.24, 2.45) is 5.92 Å². The van der Waals surface area contributed by atoms with Gasteiger partial charge < -0.3 is 5.32 Å². The van der Waals surface area contributed by atoms with Gasteiger partial charge in [0.2, 0.25) is 0 Å². The van der Waals surface area contributed by atoms with E-state index in [1.54, 1.807) is 0 Å². The Bertz CT molecular complexity index is 459. The summed E-state index contributed by atoms with van der Waals surface area (Å²) in [6.07, 6.45) is 4.09. The van der Waals surface area contributed by atoms with Crippen molar-refractivity contribution in [1.82, 2.24) is 10.2 Å². The van der Waals surface area contributed by atoms with Crippen LogP contribution >= 0.6 is 31.9 Å². The Labute approximate surface area is 132 Å². The summed E-state index contributed by atoms with van der Waals surface area (Å²) in [6.45, 7) is 2.37. The van der Waals surface area contributed by atoms with Crippen LogP contribution in [0.15, 0.2) is 27.1 Å². The van der Waals surface area contributed by atoms with Gasteiger partial charge in [0.15, 0.2) is 0 Å². The lowest BCUT2D eigenvalue weighted by atomic mass is 9.93. The molecule has 4 heteroatoms. The number of halogens is 2. The standard InChI is InChI=1S/C15H20Br2N2/c1-18-9-11-6-7-19(12-3-4-12)15(11)10-2-5-13(16)14(17)8-10/h2,5,8,11-12,15,18H,3-4,6-7,9H2,1H3. The molecule has 1 heterocycles. The van der Waals surface area contributed by atoms with Gasteiger partial charge in [-0.15, -0.1) is 0 Å². The van der Waals surface area contributed by atoms with E-state index in [4.69, 9.17) is 0 Å². The first-order chi connectivity index (χ1) is 9.20. The normalized spacial score (nSPS) is 27.9. The van der Waals surface area contributed by atoms with Gasteiger partial charge >= 0.3 is 0 Å². The second-order valence-electron chi connectivity index (χ2n) is 5.69. The molecule has 3 rings (SSSR count). The fourth-order valence-electron chi connectivity index (χ4n) is 3.33. The van der Waals surface area contributed by atoms with Crippen LogP contribution in [0.5, 0.6) is 0 Å². The lowest BCUT2D eigenvalue weighted by Crippen LogP contribution is -2.30. The van der Waals surface area contributed by atoms with Crippen molar-refractivity contribution in [2.45, 2.75) is 31.3 Å². The van der Waals surface area contributed by atoms with E-state index in [0.717, 1.165) is 27.4 Å². The molecule has 2 unspecified atom stereocenters. The maximum absolute atomic E-state index is 3.64. The van der Waals surface area contributed by atoms with E-state index in [2.05, 4.69) is 67.3 Å². The van der Waals surface area contributed by atoms with Crippen LogP contribution in [-0.2, 0) is 0 Å². The predicted molar refractivity (Wildman–Crippen MR) is 86.3 cm³/mol. The summed E-state index contributed by atoms with van der Waals surface area (Å²) in [5.41, 5.74) is 1.46. The minimum Gasteiger partial charge on any atom is -0.319 e. The Kier molecular flexibility index (Phi) is 4.32. The van der Waals surface area contributed by atoms with Crippen molar-refractivity contribution in [2.75, 3.05) is 20.1 Å². The van der Waals surface area contributed by atoms with Gasteiger partial charge in [0, 0.05) is 21.0 Å². The highest BCUT2D eigenvalue weighted by Gasteiger charge is 2.42. The molecule has 1 saturated heterocycles. The third kappa shape index (κ3) is 2.92. The zero-order valence-corrected chi connectivity index (χ0v) is 14.4. The molecular weight excluding hydrogens is 368 g/mol. The Morgan fingerprint density at radius 1 is 1.21 bits per heavy atom. The molecule has 1 N–H and O–H groups in total. The molecule has 19 heavy (non-hydrogen) atoms. The van der Waals surface area contributed by atoms with Crippen molar-refractivity contribution in [3.63, 3.8) is 0 Å². The largest absolute Gasteiger partial charge is 0.319 e. The van der Waals surface area contributed by atoms with Gasteiger partial charge in [0.1, 0.15) is 0 Å². The summed E-state index contributed by atoms with van der Waals surface area (Å²) in [5.74, 6) is 0.735. The van der Waals surface area contributed by atoms with Crippen LogP contribution in [0.1, 0.15) is 30.9 Å². The molecule has 2 fully saturated rings. The highest BCUT2D eigenvalue weighted by atomic mass is 79.9. The molecular formula is C15H20Br2N2. The first kappa shape index (κ1) is 14.1. The molecule has 0 spiro atoms. The highest BCUT2D eigenvalue weighted by Crippen LogP contribution is 2.44. The lowest BCUT2D eigenvalue weighted by molar-refractivity contribution is 0.217. The smallest absolute Gasteiger partial charge is 0.0392 e. The number of rotatable bonds is 4. The summed E-state index contributed by atoms with van der Waals surface area (Å²) in [7, 11) is 2.06. The van der Waals surface area contributed by atoms with Gasteiger partial charge in [0.25, 0.3) is 0 Å². The summed E-state index contributed by atoms with van der Waals surface area (Å²) in [6, 6.07) is 8.17. The van der Waals surface area contributed by atoms with Crippen LogP contribution in [0.25, 0.3) is 0 Å². The summed E-state index contributed by atoms with van der Waals surface area (Å²) in [4.78, 5) is 2.73. The maximum Gasteiger partial charge on any atom is 0.0392 e. The molecule has 0 bridgehead atoms. The number of likely N-dealkylation sites (tertiary alicyclic amines) is 1. The highest BCUT2D eigenvalue weighted by molar-refractivity contribution is 9.13. The van der Waals surface area contributed by atoms with E-state index in [0.29, 0.717) is 6.04 Å². The molecule has 2 nitrogen and oxygen atoms in total. The number of nitrogens with zero attached hydrogens (tertiary/aromatic N) is 1. The average molecular weight is 388 g/mol. The van der Waals surface area contributed by atoms with E-state index in [9.17, 15) is 0 Å². The summed E-state index contributed by atoms with van der Waals surface area (Å²) in [5, 5.41) is 3.37. The third-order valence-electron chi connectivity index (χ3n) is 4.33. The van der Waals surface area contributed by atoms with E-state index in [1.807, 2.05) is 0 Å². The van der Waals surface area contributed by atoms with E-state index < -0.39 is 0 Å². The van der Waals surface area contributed by atoms with Gasteiger partial charge in [-0.25, -0.2) is 0 Å². The SMILES string of the molecule is CNCC1CCN(C2CC2)C1c1ccc(Br)c(Br)c1. The molecule has 1 aliphatic carbocycles. The quantitative estimate of drug-likeness (QED) is 0.841. The van der Waals surface area contributed by atoms with Crippen molar-refractivity contribution in [3.8, 4) is 0 Å². The van der Waals surface area contributed by atoms with Gasteiger partial charge in [-0.1, -0.05) is 6.07 Å². The van der Waals surface area contributed by atoms with Crippen LogP contribution in [0.4, 0.5) is 0 Å². The van der Waals surface area contributed by atoms with E-state index in [-0.39, 0.29) is 0 Å². The number of benzene rings is 1. The molecule has 104 valence electrons. The van der Waals surface area contributed by atoms with Crippen molar-refractivity contribution < 1.29 is 0 Å². The third-order valence-corrected chi connectivity index (χ3v) is 6.21. The Morgan fingerprint density at radius 2 is 2.00 bits per heavy atom. The lowest BCUT2D eigenvalue weighted by Gasteiger charge is -2.29. The Morgan fingerprint density at radius 3 is 2.63 bits per heavy atom. The maximum atomic E-state index is 3.64. The molecule has 0 aromatic heterocycles. The zero-order chi connectivity index (χ0) is 13.4. The average Bonchev–Trinajstić information content (AvgIpc) is 3.15. The van der Waals surface area contributed by atoms with Crippen LogP contribution in [-0.4, -0.2) is 31.1 Å².